The number of nitrogens with zero attached hydrogens (tertiary/aromatic N) is 3. The number of pyridine rings is 1. The first-order valence-corrected chi connectivity index (χ1v) is 6.39. The Balaban J connectivity index is 1.92. The molecule has 0 aliphatic rings. The molecule has 4 heteroatoms. The van der Waals surface area contributed by atoms with Crippen molar-refractivity contribution in [1.29, 1.82) is 0 Å². The Hall–Kier alpha value is -2.62. The minimum Gasteiger partial charge on any atom is -0.497 e. The average molecular weight is 265 g/mol. The topological polar surface area (TPSA) is 38.9 Å². The van der Waals surface area contributed by atoms with Crippen LogP contribution in [0.3, 0.4) is 0 Å². The van der Waals surface area contributed by atoms with Gasteiger partial charge in [-0.15, -0.1) is 0 Å². The fourth-order valence-corrected chi connectivity index (χ4v) is 2.07. The lowest BCUT2D eigenvalue weighted by molar-refractivity contribution is 0.415. The zero-order chi connectivity index (χ0) is 13.9. The molecule has 100 valence electrons. The highest BCUT2D eigenvalue weighted by Gasteiger charge is 2.01. The van der Waals surface area contributed by atoms with E-state index in [1.165, 1.54) is 0 Å². The van der Waals surface area contributed by atoms with Crippen LogP contribution in [-0.4, -0.2) is 22.7 Å². The van der Waals surface area contributed by atoms with Gasteiger partial charge in [0.1, 0.15) is 17.1 Å². The van der Waals surface area contributed by atoms with Crippen LogP contribution in [0, 0.1) is 6.92 Å². The number of methoxy groups -OCH3 is 1. The number of aromatic nitrogens is 2. The summed E-state index contributed by atoms with van der Waals surface area (Å²) in [6.45, 7) is 2.05. The molecule has 0 aliphatic carbocycles. The largest absolute Gasteiger partial charge is 0.497 e. The van der Waals surface area contributed by atoms with E-state index in [1.54, 1.807) is 13.3 Å². The van der Waals surface area contributed by atoms with E-state index in [0.717, 1.165) is 28.3 Å². The quantitative estimate of drug-likeness (QED) is 0.681. The highest BCUT2D eigenvalue weighted by molar-refractivity contribution is 5.81. The maximum absolute atomic E-state index is 5.18. The molecule has 1 aromatic carbocycles. The summed E-state index contributed by atoms with van der Waals surface area (Å²) >= 11 is 0. The Labute approximate surface area is 117 Å². The van der Waals surface area contributed by atoms with Crippen molar-refractivity contribution in [3.8, 4) is 5.75 Å². The molecule has 0 saturated carbocycles. The molecule has 0 N–H and O–H groups in total. The van der Waals surface area contributed by atoms with Gasteiger partial charge in [-0.3, -0.25) is 4.99 Å². The van der Waals surface area contributed by atoms with Crippen LogP contribution in [0.15, 0.2) is 53.8 Å². The molecule has 0 unspecified atom stereocenters. The van der Waals surface area contributed by atoms with Gasteiger partial charge in [0.25, 0.3) is 0 Å². The van der Waals surface area contributed by atoms with Crippen LogP contribution in [0.4, 0.5) is 5.69 Å². The van der Waals surface area contributed by atoms with Crippen molar-refractivity contribution >= 4 is 17.5 Å². The number of hydrogen-bond donors (Lipinski definition) is 0. The zero-order valence-electron chi connectivity index (χ0n) is 11.4. The number of imidazole rings is 1. The lowest BCUT2D eigenvalue weighted by Gasteiger charge is -1.98. The van der Waals surface area contributed by atoms with Gasteiger partial charge in [-0.25, -0.2) is 4.98 Å². The summed E-state index contributed by atoms with van der Waals surface area (Å²) in [7, 11) is 1.65. The fraction of sp³-hybridized carbons (Fsp3) is 0.125. The monoisotopic (exact) mass is 265 g/mol. The molecule has 20 heavy (non-hydrogen) atoms. The summed E-state index contributed by atoms with van der Waals surface area (Å²) in [6, 6.07) is 11.7. The van der Waals surface area contributed by atoms with Gasteiger partial charge in [0.05, 0.1) is 19.0 Å². The first-order valence-electron chi connectivity index (χ1n) is 6.39. The van der Waals surface area contributed by atoms with Crippen LogP contribution in [0.25, 0.3) is 5.65 Å². The van der Waals surface area contributed by atoms with E-state index in [0.29, 0.717) is 0 Å². The van der Waals surface area contributed by atoms with Crippen molar-refractivity contribution in [3.63, 3.8) is 0 Å². The van der Waals surface area contributed by atoms with Crippen LogP contribution in [0.5, 0.6) is 5.75 Å². The van der Waals surface area contributed by atoms with E-state index < -0.39 is 0 Å². The van der Waals surface area contributed by atoms with Crippen molar-refractivity contribution in [1.82, 2.24) is 9.38 Å². The Bertz CT molecular complexity index is 774. The van der Waals surface area contributed by atoms with E-state index in [2.05, 4.69) is 9.98 Å². The van der Waals surface area contributed by atoms with Gasteiger partial charge in [0.15, 0.2) is 0 Å². The molecule has 3 aromatic rings. The van der Waals surface area contributed by atoms with Crippen LogP contribution in [-0.2, 0) is 0 Å². The van der Waals surface area contributed by atoms with Crippen molar-refractivity contribution in [3.05, 3.63) is 60.0 Å². The predicted octanol–water partition coefficient (Wildman–Crippen LogP) is 3.40. The second kappa shape index (κ2) is 5.17. The number of ether oxygens (including phenoxy) is 1. The molecular weight excluding hydrogens is 250 g/mol. The summed E-state index contributed by atoms with van der Waals surface area (Å²) in [5, 5.41) is 0. The van der Waals surface area contributed by atoms with Gasteiger partial charge in [0, 0.05) is 18.5 Å². The number of hydrogen-bond acceptors (Lipinski definition) is 3. The van der Waals surface area contributed by atoms with Crippen LogP contribution in [0.1, 0.15) is 11.3 Å². The van der Waals surface area contributed by atoms with Gasteiger partial charge in [-0.2, -0.15) is 0 Å². The summed E-state index contributed by atoms with van der Waals surface area (Å²) < 4.78 is 7.18. The van der Waals surface area contributed by atoms with Gasteiger partial charge in [0.2, 0.25) is 0 Å². The molecular formula is C16H15N3O. The molecule has 2 aromatic heterocycles. The number of benzene rings is 1. The van der Waals surface area contributed by atoms with E-state index in [4.69, 9.17) is 4.74 Å². The van der Waals surface area contributed by atoms with E-state index in [9.17, 15) is 0 Å². The maximum atomic E-state index is 5.18. The normalized spacial score (nSPS) is 11.3. The summed E-state index contributed by atoms with van der Waals surface area (Å²) in [6.07, 6.45) is 5.71. The summed E-state index contributed by atoms with van der Waals surface area (Å²) in [4.78, 5) is 8.98. The minimum atomic E-state index is 0.797. The second-order valence-electron chi connectivity index (χ2n) is 4.55. The molecule has 2 heterocycles. The predicted molar refractivity (Wildman–Crippen MR) is 80.2 cm³/mol. The average Bonchev–Trinajstić information content (AvgIpc) is 2.90. The van der Waals surface area contributed by atoms with Crippen molar-refractivity contribution in [2.24, 2.45) is 4.99 Å². The molecule has 3 rings (SSSR count). The highest BCUT2D eigenvalue weighted by Crippen LogP contribution is 2.19. The molecule has 0 bridgehead atoms. The molecule has 0 aliphatic heterocycles. The van der Waals surface area contributed by atoms with Gasteiger partial charge in [-0.05, 0) is 30.7 Å². The fourth-order valence-electron chi connectivity index (χ4n) is 2.07. The number of aliphatic imine (C=N–C) groups is 1. The molecule has 0 atom stereocenters. The van der Waals surface area contributed by atoms with Crippen LogP contribution in [0.2, 0.25) is 0 Å². The summed E-state index contributed by atoms with van der Waals surface area (Å²) in [5.41, 5.74) is 3.79. The van der Waals surface area contributed by atoms with Gasteiger partial charge in [-0.1, -0.05) is 12.1 Å². The minimum absolute atomic E-state index is 0.797. The van der Waals surface area contributed by atoms with Crippen LogP contribution >= 0.6 is 0 Å². The molecule has 0 radical (unpaired) electrons. The lowest BCUT2D eigenvalue weighted by Crippen LogP contribution is -1.84. The second-order valence-corrected chi connectivity index (χ2v) is 4.55. The van der Waals surface area contributed by atoms with Crippen molar-refractivity contribution in [2.75, 3.05) is 7.11 Å². The van der Waals surface area contributed by atoms with Gasteiger partial charge < -0.3 is 9.14 Å². The zero-order valence-corrected chi connectivity index (χ0v) is 11.4. The Kier molecular flexibility index (Phi) is 3.21. The molecule has 0 amide bonds. The highest BCUT2D eigenvalue weighted by atomic mass is 16.5. The standard InChI is InChI=1S/C16H15N3O/c1-12-5-4-8-19-11-14(18-16(12)19)10-17-13-6-3-7-15(9-13)20-2/h3-11H,1-2H3/b17-10+. The number of rotatable bonds is 3. The third-order valence-electron chi connectivity index (χ3n) is 3.10. The third-order valence-corrected chi connectivity index (χ3v) is 3.10. The Morgan fingerprint density at radius 3 is 2.95 bits per heavy atom. The van der Waals surface area contributed by atoms with Gasteiger partial charge >= 0.3 is 0 Å². The first kappa shape index (κ1) is 12.4. The van der Waals surface area contributed by atoms with Crippen molar-refractivity contribution in [2.45, 2.75) is 6.92 Å². The van der Waals surface area contributed by atoms with E-state index in [-0.39, 0.29) is 0 Å². The Morgan fingerprint density at radius 1 is 1.25 bits per heavy atom. The maximum Gasteiger partial charge on any atom is 0.140 e. The molecule has 0 spiro atoms. The molecule has 0 saturated heterocycles. The SMILES string of the molecule is COc1cccc(/N=C/c2cn3cccc(C)c3n2)c1. The van der Waals surface area contributed by atoms with E-state index in [1.807, 2.05) is 60.1 Å². The first-order chi connectivity index (χ1) is 9.76. The Morgan fingerprint density at radius 2 is 2.15 bits per heavy atom. The molecule has 0 fully saturated rings. The van der Waals surface area contributed by atoms with Crippen molar-refractivity contribution < 1.29 is 4.74 Å². The summed E-state index contributed by atoms with van der Waals surface area (Å²) in [5.74, 6) is 0.797. The van der Waals surface area contributed by atoms with E-state index >= 15 is 0 Å². The lowest BCUT2D eigenvalue weighted by atomic mass is 10.3. The number of aryl methyl sites for hydroxylation is 1. The molecule has 4 nitrogen and oxygen atoms in total. The number of fused-ring (bicyclic) bond motifs is 1. The van der Waals surface area contributed by atoms with Crippen LogP contribution < -0.4 is 4.74 Å². The third kappa shape index (κ3) is 2.40. The smallest absolute Gasteiger partial charge is 0.140 e.